The lowest BCUT2D eigenvalue weighted by Crippen LogP contribution is -2.55. The Balaban J connectivity index is 5.01. The summed E-state index contributed by atoms with van der Waals surface area (Å²) >= 11 is 3.89. The molecule has 0 aliphatic carbocycles. The normalized spacial score (nSPS) is 14.7. The summed E-state index contributed by atoms with van der Waals surface area (Å²) in [5.74, 6) is -4.08. The van der Waals surface area contributed by atoms with Crippen molar-refractivity contribution < 1.29 is 29.4 Å². The SMILES string of the molecule is CC(C)C[C@H](NC(=O)[C@@H](N)CS)C(=O)N[C@@H](CC(=O)O)C(=O)O. The first-order chi connectivity index (χ1) is 10.6. The second kappa shape index (κ2) is 10.1. The van der Waals surface area contributed by atoms with E-state index in [4.69, 9.17) is 15.9 Å². The summed E-state index contributed by atoms with van der Waals surface area (Å²) in [4.78, 5) is 45.6. The van der Waals surface area contributed by atoms with Crippen LogP contribution in [0.3, 0.4) is 0 Å². The monoisotopic (exact) mass is 349 g/mol. The van der Waals surface area contributed by atoms with Gasteiger partial charge in [-0.15, -0.1) is 0 Å². The molecule has 23 heavy (non-hydrogen) atoms. The second-order valence-corrected chi connectivity index (χ2v) is 5.84. The van der Waals surface area contributed by atoms with Gasteiger partial charge < -0.3 is 26.6 Å². The highest BCUT2D eigenvalue weighted by Crippen LogP contribution is 2.06. The van der Waals surface area contributed by atoms with Crippen molar-refractivity contribution in [2.45, 2.75) is 44.8 Å². The van der Waals surface area contributed by atoms with Crippen molar-refractivity contribution in [1.29, 1.82) is 0 Å². The Bertz CT molecular complexity index is 457. The van der Waals surface area contributed by atoms with Crippen LogP contribution in [-0.4, -0.2) is 57.8 Å². The van der Waals surface area contributed by atoms with Crippen LogP contribution in [0.5, 0.6) is 0 Å². The van der Waals surface area contributed by atoms with Crippen LogP contribution in [0.25, 0.3) is 0 Å². The fourth-order valence-electron chi connectivity index (χ4n) is 1.71. The Hall–Kier alpha value is -1.81. The summed E-state index contributed by atoms with van der Waals surface area (Å²) in [6.45, 7) is 3.63. The third-order valence-electron chi connectivity index (χ3n) is 2.87. The first kappa shape index (κ1) is 21.2. The molecule has 3 atom stereocenters. The van der Waals surface area contributed by atoms with Crippen molar-refractivity contribution in [2.75, 3.05) is 5.75 Å². The lowest BCUT2D eigenvalue weighted by molar-refractivity contribution is -0.147. The van der Waals surface area contributed by atoms with E-state index in [1.807, 2.05) is 13.8 Å². The van der Waals surface area contributed by atoms with E-state index >= 15 is 0 Å². The molecule has 0 aromatic rings. The molecule has 0 rings (SSSR count). The van der Waals surface area contributed by atoms with Crippen LogP contribution in [0, 0.1) is 5.92 Å². The summed E-state index contributed by atoms with van der Waals surface area (Å²) < 4.78 is 0. The quantitative estimate of drug-likeness (QED) is 0.271. The van der Waals surface area contributed by atoms with Gasteiger partial charge in [-0.25, -0.2) is 4.79 Å². The molecule has 2 amide bonds. The predicted octanol–water partition coefficient (Wildman–Crippen LogP) is -1.18. The van der Waals surface area contributed by atoms with Crippen molar-refractivity contribution in [3.63, 3.8) is 0 Å². The first-order valence-electron chi connectivity index (χ1n) is 7.00. The van der Waals surface area contributed by atoms with Crippen LogP contribution in [0.1, 0.15) is 26.7 Å². The molecule has 0 aliphatic rings. The maximum absolute atomic E-state index is 12.2. The number of hydrogen-bond acceptors (Lipinski definition) is 6. The fourth-order valence-corrected chi connectivity index (χ4v) is 1.88. The van der Waals surface area contributed by atoms with E-state index in [-0.39, 0.29) is 18.1 Å². The number of nitrogens with two attached hydrogens (primary N) is 1. The van der Waals surface area contributed by atoms with Crippen LogP contribution in [0.2, 0.25) is 0 Å². The molecule has 10 heteroatoms. The lowest BCUT2D eigenvalue weighted by Gasteiger charge is -2.23. The third-order valence-corrected chi connectivity index (χ3v) is 3.26. The van der Waals surface area contributed by atoms with Crippen molar-refractivity contribution in [3.05, 3.63) is 0 Å². The van der Waals surface area contributed by atoms with Gasteiger partial charge in [0.1, 0.15) is 12.1 Å². The number of carboxylic acids is 2. The van der Waals surface area contributed by atoms with Gasteiger partial charge in [0, 0.05) is 5.75 Å². The summed E-state index contributed by atoms with van der Waals surface area (Å²) in [5.41, 5.74) is 5.52. The van der Waals surface area contributed by atoms with Gasteiger partial charge in [-0.3, -0.25) is 14.4 Å². The minimum absolute atomic E-state index is 0.0287. The number of thiol groups is 1. The number of rotatable bonds is 10. The highest BCUT2D eigenvalue weighted by molar-refractivity contribution is 7.80. The smallest absolute Gasteiger partial charge is 0.326 e. The van der Waals surface area contributed by atoms with Gasteiger partial charge in [-0.05, 0) is 12.3 Å². The molecule has 0 spiro atoms. The highest BCUT2D eigenvalue weighted by Gasteiger charge is 2.29. The Morgan fingerprint density at radius 1 is 1.04 bits per heavy atom. The molecule has 0 radical (unpaired) electrons. The van der Waals surface area contributed by atoms with Crippen LogP contribution < -0.4 is 16.4 Å². The molecule has 6 N–H and O–H groups in total. The minimum atomic E-state index is -1.58. The van der Waals surface area contributed by atoms with Crippen LogP contribution >= 0.6 is 12.6 Å². The van der Waals surface area contributed by atoms with Gasteiger partial charge in [0.15, 0.2) is 0 Å². The minimum Gasteiger partial charge on any atom is -0.481 e. The number of carbonyl (C=O) groups is 4. The van der Waals surface area contributed by atoms with Crippen molar-refractivity contribution in [1.82, 2.24) is 10.6 Å². The maximum atomic E-state index is 12.2. The fraction of sp³-hybridized carbons (Fsp3) is 0.692. The average Bonchev–Trinajstić information content (AvgIpc) is 2.43. The van der Waals surface area contributed by atoms with Crippen LogP contribution in [0.4, 0.5) is 0 Å². The Labute approximate surface area is 139 Å². The molecule has 0 heterocycles. The molecular formula is C13H23N3O6S. The standard InChI is InChI=1S/C13H23N3O6S/c1-6(2)3-8(15-11(19)7(14)5-23)12(20)16-9(13(21)22)4-10(17)18/h6-9,23H,3-5,14H2,1-2H3,(H,15,19)(H,16,20)(H,17,18)(H,21,22)/t7-,8-,9-/m0/s1. The van der Waals surface area contributed by atoms with Crippen molar-refractivity contribution in [2.24, 2.45) is 11.7 Å². The van der Waals surface area contributed by atoms with E-state index < -0.39 is 48.3 Å². The van der Waals surface area contributed by atoms with E-state index in [9.17, 15) is 19.2 Å². The van der Waals surface area contributed by atoms with E-state index in [0.717, 1.165) is 0 Å². The van der Waals surface area contributed by atoms with E-state index in [2.05, 4.69) is 23.3 Å². The molecule has 0 saturated carbocycles. The van der Waals surface area contributed by atoms with Gasteiger partial charge in [-0.1, -0.05) is 13.8 Å². The molecule has 9 nitrogen and oxygen atoms in total. The number of carbonyl (C=O) groups excluding carboxylic acids is 2. The predicted molar refractivity (Wildman–Crippen MR) is 85.0 cm³/mol. The second-order valence-electron chi connectivity index (χ2n) is 5.48. The number of nitrogens with one attached hydrogen (secondary N) is 2. The maximum Gasteiger partial charge on any atom is 0.326 e. The third kappa shape index (κ3) is 8.41. The molecular weight excluding hydrogens is 326 g/mol. The van der Waals surface area contributed by atoms with Crippen LogP contribution in [0.15, 0.2) is 0 Å². The zero-order valence-electron chi connectivity index (χ0n) is 13.0. The summed E-state index contributed by atoms with van der Waals surface area (Å²) in [7, 11) is 0. The topological polar surface area (TPSA) is 159 Å². The number of hydrogen-bond donors (Lipinski definition) is 6. The van der Waals surface area contributed by atoms with Crippen LogP contribution in [-0.2, 0) is 19.2 Å². The van der Waals surface area contributed by atoms with Gasteiger partial charge in [-0.2, -0.15) is 12.6 Å². The van der Waals surface area contributed by atoms with Gasteiger partial charge >= 0.3 is 11.9 Å². The average molecular weight is 349 g/mol. The largest absolute Gasteiger partial charge is 0.481 e. The van der Waals surface area contributed by atoms with Gasteiger partial charge in [0.2, 0.25) is 11.8 Å². The summed E-state index contributed by atoms with van der Waals surface area (Å²) in [6, 6.07) is -3.50. The number of carboxylic acid groups (broad SMARTS) is 2. The summed E-state index contributed by atoms with van der Waals surface area (Å²) in [5, 5.41) is 22.2. The summed E-state index contributed by atoms with van der Waals surface area (Å²) in [6.07, 6.45) is -0.518. The molecule has 0 aromatic carbocycles. The molecule has 0 fully saturated rings. The molecule has 0 aliphatic heterocycles. The molecule has 0 aromatic heterocycles. The molecule has 132 valence electrons. The Morgan fingerprint density at radius 2 is 1.57 bits per heavy atom. The lowest BCUT2D eigenvalue weighted by atomic mass is 10.0. The molecule has 0 bridgehead atoms. The zero-order valence-corrected chi connectivity index (χ0v) is 13.9. The highest BCUT2D eigenvalue weighted by atomic mass is 32.1. The van der Waals surface area contributed by atoms with Gasteiger partial charge in [0.05, 0.1) is 12.5 Å². The Morgan fingerprint density at radius 3 is 1.96 bits per heavy atom. The molecule has 0 unspecified atom stereocenters. The van der Waals surface area contributed by atoms with E-state index in [1.54, 1.807) is 0 Å². The van der Waals surface area contributed by atoms with E-state index in [0.29, 0.717) is 0 Å². The molecule has 0 saturated heterocycles. The number of aliphatic carboxylic acids is 2. The van der Waals surface area contributed by atoms with Gasteiger partial charge in [0.25, 0.3) is 0 Å². The Kier molecular flexibility index (Phi) is 9.27. The zero-order chi connectivity index (χ0) is 18.2. The first-order valence-corrected chi connectivity index (χ1v) is 7.63. The number of amides is 2. The van der Waals surface area contributed by atoms with Crippen molar-refractivity contribution >= 4 is 36.4 Å². The van der Waals surface area contributed by atoms with E-state index in [1.165, 1.54) is 0 Å². The van der Waals surface area contributed by atoms with Crippen molar-refractivity contribution in [3.8, 4) is 0 Å².